The van der Waals surface area contributed by atoms with Crippen LogP contribution in [0.1, 0.15) is 39.5 Å². The van der Waals surface area contributed by atoms with Crippen molar-refractivity contribution in [2.24, 2.45) is 11.3 Å². The van der Waals surface area contributed by atoms with E-state index < -0.39 is 21.2 Å². The molecule has 0 aromatic carbocycles. The minimum Gasteiger partial charge on any atom is -0.481 e. The summed E-state index contributed by atoms with van der Waals surface area (Å²) in [6, 6.07) is 0. The van der Waals surface area contributed by atoms with Crippen molar-refractivity contribution in [3.8, 4) is 0 Å². The molecule has 1 aliphatic heterocycles. The first-order valence-corrected chi connectivity index (χ1v) is 7.61. The van der Waals surface area contributed by atoms with Crippen molar-refractivity contribution in [2.75, 3.05) is 11.5 Å². The highest BCUT2D eigenvalue weighted by Crippen LogP contribution is 2.40. The fourth-order valence-electron chi connectivity index (χ4n) is 2.46. The molecule has 1 saturated heterocycles. The molecule has 1 rings (SSSR count). The van der Waals surface area contributed by atoms with E-state index >= 15 is 0 Å². The first-order chi connectivity index (χ1) is 7.35. The number of carboxylic acids is 1. The third kappa shape index (κ3) is 2.75. The number of carboxylic acid groups (broad SMARTS) is 1. The largest absolute Gasteiger partial charge is 0.481 e. The molecule has 4 nitrogen and oxygen atoms in total. The summed E-state index contributed by atoms with van der Waals surface area (Å²) in [6.07, 6.45) is 2.59. The highest BCUT2D eigenvalue weighted by molar-refractivity contribution is 7.91. The first kappa shape index (κ1) is 13.5. The Morgan fingerprint density at radius 1 is 1.38 bits per heavy atom. The maximum Gasteiger partial charge on any atom is 0.310 e. The van der Waals surface area contributed by atoms with E-state index in [1.54, 1.807) is 0 Å². The molecule has 1 aliphatic rings. The molecule has 1 heterocycles. The van der Waals surface area contributed by atoms with Gasteiger partial charge in [0.15, 0.2) is 9.84 Å². The van der Waals surface area contributed by atoms with Crippen LogP contribution in [0.25, 0.3) is 0 Å². The van der Waals surface area contributed by atoms with Gasteiger partial charge in [-0.2, -0.15) is 0 Å². The fourth-order valence-corrected chi connectivity index (χ4v) is 4.54. The molecular weight excluding hydrogens is 228 g/mol. The molecule has 0 saturated carbocycles. The molecule has 0 bridgehead atoms. The highest BCUT2D eigenvalue weighted by Gasteiger charge is 2.48. The van der Waals surface area contributed by atoms with E-state index in [1.807, 2.05) is 13.8 Å². The zero-order chi connectivity index (χ0) is 12.4. The summed E-state index contributed by atoms with van der Waals surface area (Å²) in [5, 5.41) is 9.27. The van der Waals surface area contributed by atoms with Gasteiger partial charge in [0.25, 0.3) is 0 Å². The van der Waals surface area contributed by atoms with Gasteiger partial charge in [0.1, 0.15) is 0 Å². The van der Waals surface area contributed by atoms with Crippen LogP contribution in [0.2, 0.25) is 0 Å². The zero-order valence-electron chi connectivity index (χ0n) is 9.90. The van der Waals surface area contributed by atoms with Crippen LogP contribution >= 0.6 is 0 Å². The van der Waals surface area contributed by atoms with Crippen molar-refractivity contribution in [1.82, 2.24) is 0 Å². The predicted octanol–water partition coefficient (Wildman–Crippen LogP) is 1.70. The molecule has 1 unspecified atom stereocenters. The van der Waals surface area contributed by atoms with Crippen LogP contribution in [-0.4, -0.2) is 31.0 Å². The van der Waals surface area contributed by atoms with Gasteiger partial charge in [-0.05, 0) is 18.8 Å². The van der Waals surface area contributed by atoms with Gasteiger partial charge >= 0.3 is 5.97 Å². The van der Waals surface area contributed by atoms with E-state index in [0.717, 1.165) is 12.8 Å². The lowest BCUT2D eigenvalue weighted by Gasteiger charge is -2.26. The lowest BCUT2D eigenvalue weighted by atomic mass is 9.77. The van der Waals surface area contributed by atoms with Gasteiger partial charge in [0, 0.05) is 0 Å². The van der Waals surface area contributed by atoms with E-state index in [2.05, 4.69) is 0 Å². The van der Waals surface area contributed by atoms with Crippen molar-refractivity contribution in [3.63, 3.8) is 0 Å². The predicted molar refractivity (Wildman–Crippen MR) is 62.0 cm³/mol. The maximum atomic E-state index is 11.4. The van der Waals surface area contributed by atoms with Crippen LogP contribution in [0.5, 0.6) is 0 Å². The number of rotatable bonds is 5. The number of aliphatic carboxylic acids is 1. The third-order valence-electron chi connectivity index (χ3n) is 3.68. The van der Waals surface area contributed by atoms with Crippen LogP contribution in [0, 0.1) is 11.3 Å². The smallest absolute Gasteiger partial charge is 0.310 e. The highest BCUT2D eigenvalue weighted by atomic mass is 32.2. The van der Waals surface area contributed by atoms with Crippen LogP contribution < -0.4 is 0 Å². The molecule has 0 amide bonds. The topological polar surface area (TPSA) is 71.4 Å². The Bertz CT molecular complexity index is 356. The van der Waals surface area contributed by atoms with Gasteiger partial charge in [0.05, 0.1) is 16.9 Å². The summed E-state index contributed by atoms with van der Waals surface area (Å²) in [7, 11) is -3.14. The molecule has 94 valence electrons. The minimum absolute atomic E-state index is 0.0272. The summed E-state index contributed by atoms with van der Waals surface area (Å²) < 4.78 is 22.9. The second kappa shape index (κ2) is 4.73. The summed E-state index contributed by atoms with van der Waals surface area (Å²) in [6.45, 7) is 4.04. The lowest BCUT2D eigenvalue weighted by Crippen LogP contribution is -2.34. The second-order valence-corrected chi connectivity index (χ2v) is 7.00. The minimum atomic E-state index is -3.14. The Hall–Kier alpha value is -0.580. The van der Waals surface area contributed by atoms with Crippen LogP contribution in [0.3, 0.4) is 0 Å². The standard InChI is InChI=1S/C11H20O4S/c1-3-9(4-2)7-11(10(12)13)5-6-16(14,15)8-11/h9H,3-8H2,1-2H3,(H,12,13). The number of carbonyl (C=O) groups is 1. The number of hydrogen-bond acceptors (Lipinski definition) is 3. The summed E-state index contributed by atoms with van der Waals surface area (Å²) in [5.41, 5.74) is -1.02. The van der Waals surface area contributed by atoms with Crippen molar-refractivity contribution in [3.05, 3.63) is 0 Å². The van der Waals surface area contributed by atoms with Gasteiger partial charge in [-0.25, -0.2) is 8.42 Å². The molecule has 0 aromatic rings. The van der Waals surface area contributed by atoms with E-state index in [9.17, 15) is 18.3 Å². The number of sulfone groups is 1. The molecule has 0 aliphatic carbocycles. The number of hydrogen-bond donors (Lipinski definition) is 1. The lowest BCUT2D eigenvalue weighted by molar-refractivity contribution is -0.148. The molecule has 1 atom stereocenters. The van der Waals surface area contributed by atoms with E-state index in [-0.39, 0.29) is 17.9 Å². The molecule has 1 N–H and O–H groups in total. The summed E-state index contributed by atoms with van der Waals surface area (Å²) in [4.78, 5) is 11.3. The molecule has 0 aromatic heterocycles. The van der Waals surface area contributed by atoms with Crippen LogP contribution in [0.15, 0.2) is 0 Å². The molecule has 16 heavy (non-hydrogen) atoms. The quantitative estimate of drug-likeness (QED) is 0.804. The Kier molecular flexibility index (Phi) is 3.99. The second-order valence-electron chi connectivity index (χ2n) is 4.81. The summed E-state index contributed by atoms with van der Waals surface area (Å²) >= 11 is 0. The average Bonchev–Trinajstić information content (AvgIpc) is 2.52. The normalized spacial score (nSPS) is 28.4. The molecule has 0 spiro atoms. The van der Waals surface area contributed by atoms with Gasteiger partial charge in [-0.15, -0.1) is 0 Å². The van der Waals surface area contributed by atoms with Gasteiger partial charge in [-0.3, -0.25) is 4.79 Å². The average molecular weight is 248 g/mol. The third-order valence-corrected chi connectivity index (χ3v) is 5.49. The Balaban J connectivity index is 2.88. The van der Waals surface area contributed by atoms with E-state index in [1.165, 1.54) is 0 Å². The summed E-state index contributed by atoms with van der Waals surface area (Å²) in [5.74, 6) is -0.782. The van der Waals surface area contributed by atoms with Crippen molar-refractivity contribution in [1.29, 1.82) is 0 Å². The zero-order valence-corrected chi connectivity index (χ0v) is 10.7. The molecule has 5 heteroatoms. The van der Waals surface area contributed by atoms with Gasteiger partial charge < -0.3 is 5.11 Å². The monoisotopic (exact) mass is 248 g/mol. The SMILES string of the molecule is CCC(CC)CC1(C(=O)O)CCS(=O)(=O)C1. The van der Waals surface area contributed by atoms with Crippen molar-refractivity contribution in [2.45, 2.75) is 39.5 Å². The Labute approximate surface area is 97.0 Å². The maximum absolute atomic E-state index is 11.4. The molecule has 0 radical (unpaired) electrons. The van der Waals surface area contributed by atoms with E-state index in [0.29, 0.717) is 12.3 Å². The Morgan fingerprint density at radius 2 is 1.94 bits per heavy atom. The molecule has 1 fully saturated rings. The Morgan fingerprint density at radius 3 is 2.25 bits per heavy atom. The van der Waals surface area contributed by atoms with Crippen LogP contribution in [0.4, 0.5) is 0 Å². The van der Waals surface area contributed by atoms with Gasteiger partial charge in [0.2, 0.25) is 0 Å². The molecular formula is C11H20O4S. The van der Waals surface area contributed by atoms with E-state index in [4.69, 9.17) is 0 Å². The van der Waals surface area contributed by atoms with Crippen LogP contribution in [-0.2, 0) is 14.6 Å². The van der Waals surface area contributed by atoms with Crippen molar-refractivity contribution >= 4 is 15.8 Å². The first-order valence-electron chi connectivity index (χ1n) is 5.79. The van der Waals surface area contributed by atoms with Crippen molar-refractivity contribution < 1.29 is 18.3 Å². The fraction of sp³-hybridized carbons (Fsp3) is 0.909. The van der Waals surface area contributed by atoms with Gasteiger partial charge in [-0.1, -0.05) is 26.7 Å².